The van der Waals surface area contributed by atoms with Gasteiger partial charge in [0.05, 0.1) is 0 Å². The maximum atomic E-state index is 5.83. The largest absolute Gasteiger partial charge is 0.489 e. The molecule has 0 atom stereocenters. The van der Waals surface area contributed by atoms with E-state index in [9.17, 15) is 0 Å². The summed E-state index contributed by atoms with van der Waals surface area (Å²) in [5.74, 6) is 0.871. The molecule has 2 rings (SSSR count). The third-order valence-corrected chi connectivity index (χ3v) is 2.90. The summed E-state index contributed by atoms with van der Waals surface area (Å²) in [6.45, 7) is 1.20. The Hall–Kier alpha value is -1.51. The van der Waals surface area contributed by atoms with Gasteiger partial charge in [-0.15, -0.1) is 0 Å². The molecule has 94 valence electrons. The normalized spacial score (nSPS) is 10.3. The first kappa shape index (κ1) is 12.9. The van der Waals surface area contributed by atoms with E-state index >= 15 is 0 Å². The number of hydrogen-bond acceptors (Lipinski definition) is 2. The van der Waals surface area contributed by atoms with Gasteiger partial charge in [-0.1, -0.05) is 35.9 Å². The van der Waals surface area contributed by atoms with Gasteiger partial charge in [0.15, 0.2) is 0 Å². The number of benzene rings is 2. The smallest absolute Gasteiger partial charge is 0.120 e. The maximum absolute atomic E-state index is 5.83. The van der Waals surface area contributed by atoms with Gasteiger partial charge in [-0.3, -0.25) is 0 Å². The van der Waals surface area contributed by atoms with Crippen LogP contribution in [0.5, 0.6) is 5.75 Å². The predicted octanol–water partition coefficient (Wildman–Crippen LogP) is 3.42. The molecule has 0 spiro atoms. The van der Waals surface area contributed by atoms with Gasteiger partial charge < -0.3 is 10.5 Å². The monoisotopic (exact) mass is 261 g/mol. The highest BCUT2D eigenvalue weighted by molar-refractivity contribution is 6.30. The fraction of sp³-hybridized carbons (Fsp3) is 0.200. The average Bonchev–Trinajstić information content (AvgIpc) is 2.39. The van der Waals surface area contributed by atoms with Crippen LogP contribution in [0.1, 0.15) is 11.1 Å². The van der Waals surface area contributed by atoms with E-state index in [4.69, 9.17) is 22.1 Å². The van der Waals surface area contributed by atoms with E-state index in [1.54, 1.807) is 0 Å². The van der Waals surface area contributed by atoms with E-state index in [-0.39, 0.29) is 0 Å². The van der Waals surface area contributed by atoms with Crippen molar-refractivity contribution in [1.29, 1.82) is 0 Å². The minimum Gasteiger partial charge on any atom is -0.489 e. The molecule has 0 saturated carbocycles. The zero-order valence-corrected chi connectivity index (χ0v) is 10.9. The predicted molar refractivity (Wildman–Crippen MR) is 75.0 cm³/mol. The second-order valence-electron chi connectivity index (χ2n) is 4.10. The van der Waals surface area contributed by atoms with Crippen LogP contribution in [0.4, 0.5) is 0 Å². The van der Waals surface area contributed by atoms with E-state index in [0.717, 1.165) is 22.8 Å². The first-order valence-corrected chi connectivity index (χ1v) is 6.32. The molecular weight excluding hydrogens is 246 g/mol. The molecule has 0 amide bonds. The SMILES string of the molecule is NCCc1cccc(OCc2ccc(Cl)cc2)c1. The Morgan fingerprint density at radius 1 is 1.00 bits per heavy atom. The molecule has 18 heavy (non-hydrogen) atoms. The number of hydrogen-bond donors (Lipinski definition) is 1. The molecule has 0 fully saturated rings. The van der Waals surface area contributed by atoms with Crippen molar-refractivity contribution in [3.05, 3.63) is 64.7 Å². The van der Waals surface area contributed by atoms with E-state index in [1.165, 1.54) is 5.56 Å². The van der Waals surface area contributed by atoms with Gasteiger partial charge >= 0.3 is 0 Å². The van der Waals surface area contributed by atoms with Gasteiger partial charge in [0, 0.05) is 5.02 Å². The van der Waals surface area contributed by atoms with E-state index in [0.29, 0.717) is 13.2 Å². The lowest BCUT2D eigenvalue weighted by molar-refractivity contribution is 0.306. The van der Waals surface area contributed by atoms with Crippen LogP contribution in [0.3, 0.4) is 0 Å². The van der Waals surface area contributed by atoms with Crippen LogP contribution in [-0.2, 0) is 13.0 Å². The van der Waals surface area contributed by atoms with Crippen molar-refractivity contribution in [3.8, 4) is 5.75 Å². The Morgan fingerprint density at radius 2 is 1.78 bits per heavy atom. The van der Waals surface area contributed by atoms with Crippen LogP contribution in [-0.4, -0.2) is 6.54 Å². The molecule has 0 bridgehead atoms. The minimum atomic E-state index is 0.545. The van der Waals surface area contributed by atoms with Gasteiger partial charge in [-0.25, -0.2) is 0 Å². The van der Waals surface area contributed by atoms with Crippen LogP contribution < -0.4 is 10.5 Å². The van der Waals surface area contributed by atoms with E-state index in [1.807, 2.05) is 42.5 Å². The van der Waals surface area contributed by atoms with Crippen molar-refractivity contribution in [2.45, 2.75) is 13.0 Å². The van der Waals surface area contributed by atoms with E-state index in [2.05, 4.69) is 6.07 Å². The molecule has 0 aliphatic carbocycles. The average molecular weight is 262 g/mol. The highest BCUT2D eigenvalue weighted by Crippen LogP contribution is 2.16. The quantitative estimate of drug-likeness (QED) is 0.895. The summed E-state index contributed by atoms with van der Waals surface area (Å²) < 4.78 is 5.74. The highest BCUT2D eigenvalue weighted by Gasteiger charge is 1.98. The van der Waals surface area contributed by atoms with Crippen molar-refractivity contribution >= 4 is 11.6 Å². The molecule has 0 aliphatic heterocycles. The van der Waals surface area contributed by atoms with Crippen molar-refractivity contribution in [2.24, 2.45) is 5.73 Å². The lowest BCUT2D eigenvalue weighted by atomic mass is 10.1. The summed E-state index contributed by atoms with van der Waals surface area (Å²) >= 11 is 5.83. The number of nitrogens with two attached hydrogens (primary N) is 1. The molecule has 0 heterocycles. The molecular formula is C15H16ClNO. The third kappa shape index (κ3) is 3.76. The van der Waals surface area contributed by atoms with Gasteiger partial charge in [0.1, 0.15) is 12.4 Å². The van der Waals surface area contributed by atoms with Crippen molar-refractivity contribution in [2.75, 3.05) is 6.54 Å². The Bertz CT molecular complexity index is 496. The molecule has 3 heteroatoms. The number of halogens is 1. The Morgan fingerprint density at radius 3 is 2.50 bits per heavy atom. The topological polar surface area (TPSA) is 35.2 Å². The zero-order chi connectivity index (χ0) is 12.8. The zero-order valence-electron chi connectivity index (χ0n) is 10.1. The van der Waals surface area contributed by atoms with Gasteiger partial charge in [-0.05, 0) is 48.4 Å². The Balaban J connectivity index is 1.97. The number of ether oxygens (including phenoxy) is 1. The summed E-state index contributed by atoms with van der Waals surface area (Å²) in [4.78, 5) is 0. The molecule has 0 radical (unpaired) electrons. The van der Waals surface area contributed by atoms with Crippen LogP contribution in [0, 0.1) is 0 Å². The fourth-order valence-corrected chi connectivity index (χ4v) is 1.83. The van der Waals surface area contributed by atoms with Crippen LogP contribution in [0.25, 0.3) is 0 Å². The summed E-state index contributed by atoms with van der Waals surface area (Å²) in [5, 5.41) is 0.740. The molecule has 0 aromatic heterocycles. The molecule has 2 aromatic carbocycles. The second-order valence-corrected chi connectivity index (χ2v) is 4.54. The molecule has 0 unspecified atom stereocenters. The Kier molecular flexibility index (Phi) is 4.62. The van der Waals surface area contributed by atoms with Crippen molar-refractivity contribution in [1.82, 2.24) is 0 Å². The summed E-state index contributed by atoms with van der Waals surface area (Å²) in [5.41, 5.74) is 7.84. The Labute approximate surface area is 112 Å². The molecule has 2 nitrogen and oxygen atoms in total. The summed E-state index contributed by atoms with van der Waals surface area (Å²) in [7, 11) is 0. The third-order valence-electron chi connectivity index (χ3n) is 2.65. The molecule has 0 saturated heterocycles. The summed E-state index contributed by atoms with van der Waals surface area (Å²) in [6.07, 6.45) is 0.873. The first-order chi connectivity index (χ1) is 8.78. The number of rotatable bonds is 5. The minimum absolute atomic E-state index is 0.545. The van der Waals surface area contributed by atoms with Crippen molar-refractivity contribution < 1.29 is 4.74 Å². The van der Waals surface area contributed by atoms with Gasteiger partial charge in [0.25, 0.3) is 0 Å². The molecule has 2 aromatic rings. The lowest BCUT2D eigenvalue weighted by Gasteiger charge is -2.08. The lowest BCUT2D eigenvalue weighted by Crippen LogP contribution is -2.03. The van der Waals surface area contributed by atoms with Gasteiger partial charge in [-0.2, -0.15) is 0 Å². The second kappa shape index (κ2) is 6.43. The van der Waals surface area contributed by atoms with Crippen LogP contribution >= 0.6 is 11.6 Å². The molecule has 2 N–H and O–H groups in total. The van der Waals surface area contributed by atoms with Crippen molar-refractivity contribution in [3.63, 3.8) is 0 Å². The summed E-state index contributed by atoms with van der Waals surface area (Å²) in [6, 6.07) is 15.7. The van der Waals surface area contributed by atoms with Crippen LogP contribution in [0.15, 0.2) is 48.5 Å². The van der Waals surface area contributed by atoms with E-state index < -0.39 is 0 Å². The molecule has 0 aliphatic rings. The fourth-order valence-electron chi connectivity index (χ4n) is 1.70. The standard InChI is InChI=1S/C15H16ClNO/c16-14-6-4-13(5-7-14)11-18-15-3-1-2-12(10-15)8-9-17/h1-7,10H,8-9,11,17H2. The maximum Gasteiger partial charge on any atom is 0.120 e. The highest BCUT2D eigenvalue weighted by atomic mass is 35.5. The first-order valence-electron chi connectivity index (χ1n) is 5.94. The van der Waals surface area contributed by atoms with Crippen LogP contribution in [0.2, 0.25) is 5.02 Å². The van der Waals surface area contributed by atoms with Gasteiger partial charge in [0.2, 0.25) is 0 Å².